The van der Waals surface area contributed by atoms with Gasteiger partial charge in [0, 0.05) is 19.3 Å². The van der Waals surface area contributed by atoms with Crippen LogP contribution in [0.15, 0.2) is 28.9 Å². The molecule has 0 fully saturated rings. The lowest BCUT2D eigenvalue weighted by Gasteiger charge is -2.06. The van der Waals surface area contributed by atoms with Gasteiger partial charge in [0.25, 0.3) is 5.91 Å². The summed E-state index contributed by atoms with van der Waals surface area (Å²) >= 11 is 3.04. The van der Waals surface area contributed by atoms with E-state index in [9.17, 15) is 9.18 Å². The van der Waals surface area contributed by atoms with Crippen LogP contribution >= 0.6 is 15.9 Å². The second kappa shape index (κ2) is 4.77. The van der Waals surface area contributed by atoms with Crippen molar-refractivity contribution in [2.45, 2.75) is 0 Å². The Morgan fingerprint density at radius 2 is 2.28 bits per heavy atom. The van der Waals surface area contributed by atoms with Crippen LogP contribution in [0.3, 0.4) is 0 Å². The monoisotopic (exact) mass is 312 g/mol. The molecule has 0 aliphatic heterocycles. The minimum atomic E-state index is -0.448. The van der Waals surface area contributed by atoms with Gasteiger partial charge in [0.05, 0.1) is 15.8 Å². The van der Waals surface area contributed by atoms with Gasteiger partial charge in [-0.15, -0.1) is 0 Å². The second-order valence-corrected chi connectivity index (χ2v) is 4.40. The number of nitrogens with one attached hydrogen (secondary N) is 1. The normalized spacial score (nSPS) is 10.4. The highest BCUT2D eigenvalue weighted by Gasteiger charge is 2.12. The number of amides is 1. The minimum Gasteiger partial charge on any atom is -0.397 e. The number of anilines is 1. The van der Waals surface area contributed by atoms with E-state index in [1.807, 2.05) is 0 Å². The van der Waals surface area contributed by atoms with E-state index in [0.29, 0.717) is 11.4 Å². The largest absolute Gasteiger partial charge is 0.397 e. The third-order valence-corrected chi connectivity index (χ3v) is 2.97. The summed E-state index contributed by atoms with van der Waals surface area (Å²) < 4.78 is 15.1. The zero-order valence-corrected chi connectivity index (χ0v) is 11.0. The number of aromatic nitrogens is 2. The van der Waals surface area contributed by atoms with Gasteiger partial charge in [0.15, 0.2) is 5.69 Å². The van der Waals surface area contributed by atoms with Crippen LogP contribution in [0.25, 0.3) is 5.69 Å². The number of benzene rings is 1. The molecule has 0 saturated carbocycles. The highest BCUT2D eigenvalue weighted by molar-refractivity contribution is 9.10. The van der Waals surface area contributed by atoms with Crippen LogP contribution in [0, 0.1) is 5.82 Å². The SMILES string of the molecule is CNC(=O)c1ccn(-c2cc(F)c(Br)cc2N)n1. The van der Waals surface area contributed by atoms with Crippen LogP contribution in [0.4, 0.5) is 10.1 Å². The van der Waals surface area contributed by atoms with E-state index in [1.54, 1.807) is 6.20 Å². The molecule has 0 radical (unpaired) electrons. The number of hydrogen-bond donors (Lipinski definition) is 2. The molecule has 3 N–H and O–H groups in total. The second-order valence-electron chi connectivity index (χ2n) is 3.55. The maximum atomic E-state index is 13.5. The molecule has 2 aromatic rings. The van der Waals surface area contributed by atoms with Crippen LogP contribution in [-0.4, -0.2) is 22.7 Å². The molecule has 18 heavy (non-hydrogen) atoms. The Hall–Kier alpha value is -1.89. The molecule has 0 saturated heterocycles. The number of rotatable bonds is 2. The molecule has 0 atom stereocenters. The van der Waals surface area contributed by atoms with Gasteiger partial charge in [-0.2, -0.15) is 5.10 Å². The van der Waals surface area contributed by atoms with E-state index in [1.165, 1.54) is 29.9 Å². The van der Waals surface area contributed by atoms with Crippen molar-refractivity contribution in [3.05, 3.63) is 40.4 Å². The van der Waals surface area contributed by atoms with Crippen LogP contribution < -0.4 is 11.1 Å². The topological polar surface area (TPSA) is 72.9 Å². The fourth-order valence-corrected chi connectivity index (χ4v) is 1.82. The Kier molecular flexibility index (Phi) is 3.33. The quantitative estimate of drug-likeness (QED) is 0.829. The lowest BCUT2D eigenvalue weighted by Crippen LogP contribution is -2.18. The molecule has 1 aromatic heterocycles. The smallest absolute Gasteiger partial charge is 0.271 e. The number of halogens is 2. The third-order valence-electron chi connectivity index (χ3n) is 2.37. The lowest BCUT2D eigenvalue weighted by molar-refractivity contribution is 0.0957. The molecule has 94 valence electrons. The van der Waals surface area contributed by atoms with Gasteiger partial charge in [-0.3, -0.25) is 4.79 Å². The number of carbonyl (C=O) groups excluding carboxylic acids is 1. The summed E-state index contributed by atoms with van der Waals surface area (Å²) in [5.41, 5.74) is 6.76. The van der Waals surface area contributed by atoms with Gasteiger partial charge in [0.2, 0.25) is 0 Å². The molecule has 2 rings (SSSR count). The molecule has 1 heterocycles. The summed E-state index contributed by atoms with van der Waals surface area (Å²) in [5.74, 6) is -0.763. The third kappa shape index (κ3) is 2.21. The molecule has 0 spiro atoms. The molecule has 0 aliphatic carbocycles. The number of nitrogen functional groups attached to an aromatic ring is 1. The molecule has 0 aliphatic rings. The fraction of sp³-hybridized carbons (Fsp3) is 0.0909. The Morgan fingerprint density at radius 3 is 2.94 bits per heavy atom. The number of nitrogens with two attached hydrogens (primary N) is 1. The van der Waals surface area contributed by atoms with E-state index in [0.717, 1.165) is 0 Å². The predicted octanol–water partition coefficient (Wildman–Crippen LogP) is 1.72. The first-order valence-electron chi connectivity index (χ1n) is 5.05. The summed E-state index contributed by atoms with van der Waals surface area (Å²) in [4.78, 5) is 11.4. The standard InChI is InChI=1S/C11H10BrFN4O/c1-15-11(18)9-2-3-17(16-9)10-5-7(13)6(12)4-8(10)14/h2-5H,14H2,1H3,(H,15,18). The van der Waals surface area contributed by atoms with Gasteiger partial charge in [-0.25, -0.2) is 9.07 Å². The first-order valence-corrected chi connectivity index (χ1v) is 5.85. The van der Waals surface area contributed by atoms with Crippen molar-refractivity contribution < 1.29 is 9.18 Å². The highest BCUT2D eigenvalue weighted by Crippen LogP contribution is 2.25. The van der Waals surface area contributed by atoms with Gasteiger partial charge in [0.1, 0.15) is 5.82 Å². The van der Waals surface area contributed by atoms with Crippen LogP contribution in [0.1, 0.15) is 10.5 Å². The van der Waals surface area contributed by atoms with Crippen LogP contribution in [0.5, 0.6) is 0 Å². The summed E-state index contributed by atoms with van der Waals surface area (Å²) in [5, 5.41) is 6.48. The number of hydrogen-bond acceptors (Lipinski definition) is 3. The van der Waals surface area contributed by atoms with Gasteiger partial charge >= 0.3 is 0 Å². The minimum absolute atomic E-state index is 0.236. The van der Waals surface area contributed by atoms with Crippen molar-refractivity contribution in [2.24, 2.45) is 0 Å². The van der Waals surface area contributed by atoms with Crippen molar-refractivity contribution in [2.75, 3.05) is 12.8 Å². The Balaban J connectivity index is 2.46. The van der Waals surface area contributed by atoms with Gasteiger partial charge in [-0.05, 0) is 28.1 Å². The molecule has 0 unspecified atom stereocenters. The van der Waals surface area contributed by atoms with Gasteiger partial charge < -0.3 is 11.1 Å². The Morgan fingerprint density at radius 1 is 1.56 bits per heavy atom. The average Bonchev–Trinajstić information content (AvgIpc) is 2.82. The first kappa shape index (κ1) is 12.6. The van der Waals surface area contributed by atoms with Crippen LogP contribution in [0.2, 0.25) is 0 Å². The Bertz CT molecular complexity index is 611. The highest BCUT2D eigenvalue weighted by atomic mass is 79.9. The zero-order valence-electron chi connectivity index (χ0n) is 9.45. The van der Waals surface area contributed by atoms with Crippen molar-refractivity contribution >= 4 is 27.5 Å². The van der Waals surface area contributed by atoms with Crippen molar-refractivity contribution in [1.82, 2.24) is 15.1 Å². The molecular formula is C11H10BrFN4O. The molecule has 0 bridgehead atoms. The van der Waals surface area contributed by atoms with Crippen LogP contribution in [-0.2, 0) is 0 Å². The van der Waals surface area contributed by atoms with E-state index in [-0.39, 0.29) is 16.1 Å². The predicted molar refractivity (Wildman–Crippen MR) is 69.0 cm³/mol. The van der Waals surface area contributed by atoms with E-state index in [4.69, 9.17) is 5.73 Å². The first-order chi connectivity index (χ1) is 8.52. The summed E-state index contributed by atoms with van der Waals surface area (Å²) in [6, 6.07) is 4.23. The number of nitrogens with zero attached hydrogens (tertiary/aromatic N) is 2. The van der Waals surface area contributed by atoms with Crippen molar-refractivity contribution in [1.29, 1.82) is 0 Å². The fourth-order valence-electron chi connectivity index (χ4n) is 1.46. The maximum absolute atomic E-state index is 13.5. The van der Waals surface area contributed by atoms with Gasteiger partial charge in [-0.1, -0.05) is 0 Å². The molecule has 5 nitrogen and oxygen atoms in total. The van der Waals surface area contributed by atoms with Crippen molar-refractivity contribution in [3.8, 4) is 5.69 Å². The number of carbonyl (C=O) groups is 1. The summed E-state index contributed by atoms with van der Waals surface area (Å²) in [6.07, 6.45) is 1.55. The van der Waals surface area contributed by atoms with E-state index >= 15 is 0 Å². The van der Waals surface area contributed by atoms with Crippen molar-refractivity contribution in [3.63, 3.8) is 0 Å². The average molecular weight is 313 g/mol. The molecule has 1 amide bonds. The van der Waals surface area contributed by atoms with E-state index < -0.39 is 5.82 Å². The summed E-state index contributed by atoms with van der Waals surface area (Å²) in [7, 11) is 1.51. The lowest BCUT2D eigenvalue weighted by atomic mass is 10.2. The molecule has 7 heteroatoms. The zero-order chi connectivity index (χ0) is 13.3. The molecule has 1 aromatic carbocycles. The Labute approximate surface area is 111 Å². The summed E-state index contributed by atoms with van der Waals surface area (Å²) in [6.45, 7) is 0. The molecular weight excluding hydrogens is 303 g/mol. The maximum Gasteiger partial charge on any atom is 0.271 e. The van der Waals surface area contributed by atoms with E-state index in [2.05, 4.69) is 26.3 Å².